The molecule has 1 aliphatic rings. The molecule has 1 unspecified atom stereocenters. The number of ether oxygens (including phenoxy) is 1. The third-order valence-corrected chi connectivity index (χ3v) is 5.20. The highest BCUT2D eigenvalue weighted by atomic mass is 16.5. The van der Waals surface area contributed by atoms with Crippen molar-refractivity contribution in [2.45, 2.75) is 24.9 Å². The van der Waals surface area contributed by atoms with E-state index in [1.165, 1.54) is 24.7 Å². The lowest BCUT2D eigenvalue weighted by Crippen LogP contribution is -2.43. The predicted molar refractivity (Wildman–Crippen MR) is 104 cm³/mol. The van der Waals surface area contributed by atoms with Crippen LogP contribution >= 0.6 is 0 Å². The molecule has 0 aliphatic carbocycles. The number of hydrogen-bond donors (Lipinski definition) is 1. The van der Waals surface area contributed by atoms with Crippen LogP contribution in [0.4, 0.5) is 0 Å². The molecule has 1 atom stereocenters. The summed E-state index contributed by atoms with van der Waals surface area (Å²) < 4.78 is 7.84. The summed E-state index contributed by atoms with van der Waals surface area (Å²) in [6.07, 6.45) is 1.45. The number of aromatic nitrogens is 2. The molecule has 1 aliphatic heterocycles. The van der Waals surface area contributed by atoms with Crippen molar-refractivity contribution >= 4 is 5.91 Å². The van der Waals surface area contributed by atoms with Gasteiger partial charge in [0.05, 0.1) is 0 Å². The third-order valence-electron chi connectivity index (χ3n) is 5.20. The highest BCUT2D eigenvalue weighted by Gasteiger charge is 2.33. The molecule has 3 rings (SSSR count). The Morgan fingerprint density at radius 3 is 2.54 bits per heavy atom. The minimum atomic E-state index is -1.04. The van der Waals surface area contributed by atoms with Crippen molar-refractivity contribution in [2.24, 2.45) is 14.1 Å². The number of likely N-dealkylation sites (tertiary alicyclic amines) is 1. The molecule has 0 radical (unpaired) electrons. The van der Waals surface area contributed by atoms with Crippen LogP contribution in [0.1, 0.15) is 29.8 Å². The topological polar surface area (TPSA) is 93.8 Å². The largest absolute Gasteiger partial charge is 0.491 e. The Balaban J connectivity index is 1.70. The predicted octanol–water partition coefficient (Wildman–Crippen LogP) is 0.520. The Hall–Kier alpha value is -2.87. The smallest absolute Gasteiger partial charge is 0.331 e. The quantitative estimate of drug-likeness (QED) is 0.826. The fourth-order valence-corrected chi connectivity index (χ4v) is 3.36. The number of para-hydroxylation sites is 1. The number of rotatable bonds is 4. The minimum Gasteiger partial charge on any atom is -0.491 e. The summed E-state index contributed by atoms with van der Waals surface area (Å²) in [6.45, 7) is 0.899. The van der Waals surface area contributed by atoms with Crippen molar-refractivity contribution in [3.8, 4) is 5.75 Å². The van der Waals surface area contributed by atoms with Crippen LogP contribution in [0.3, 0.4) is 0 Å². The Morgan fingerprint density at radius 2 is 1.82 bits per heavy atom. The standard InChI is InChI=1S/C20H25N3O5/c1-21-16(13-17(24)22(2)19(21)26)18(25)23-11-6-9-20(27,10-12-23)14-28-15-7-4-3-5-8-15/h3-5,7-8,13,27H,6,9-12,14H2,1-2H3. The van der Waals surface area contributed by atoms with Crippen LogP contribution in [0, 0.1) is 0 Å². The third kappa shape index (κ3) is 4.17. The normalized spacial score (nSPS) is 19.9. The van der Waals surface area contributed by atoms with Gasteiger partial charge in [0, 0.05) is 33.3 Å². The molecule has 2 heterocycles. The Morgan fingerprint density at radius 1 is 1.11 bits per heavy atom. The van der Waals surface area contributed by atoms with Gasteiger partial charge >= 0.3 is 5.69 Å². The molecule has 150 valence electrons. The van der Waals surface area contributed by atoms with E-state index in [2.05, 4.69) is 0 Å². The maximum Gasteiger partial charge on any atom is 0.331 e. The van der Waals surface area contributed by atoms with E-state index in [1.807, 2.05) is 30.3 Å². The Kier molecular flexibility index (Phi) is 5.69. The zero-order chi connectivity index (χ0) is 20.3. The molecule has 0 spiro atoms. The molecule has 2 aromatic rings. The summed E-state index contributed by atoms with van der Waals surface area (Å²) in [5.74, 6) is 0.300. The average Bonchev–Trinajstić information content (AvgIpc) is 2.90. The summed E-state index contributed by atoms with van der Waals surface area (Å²) in [4.78, 5) is 38.5. The number of carbonyl (C=O) groups excluding carboxylic acids is 1. The second-order valence-electron chi connectivity index (χ2n) is 7.24. The van der Waals surface area contributed by atoms with Gasteiger partial charge in [-0.2, -0.15) is 0 Å². The molecule has 1 aromatic carbocycles. The van der Waals surface area contributed by atoms with Crippen LogP contribution in [0.5, 0.6) is 5.75 Å². The van der Waals surface area contributed by atoms with Gasteiger partial charge in [-0.05, 0) is 31.4 Å². The monoisotopic (exact) mass is 387 g/mol. The van der Waals surface area contributed by atoms with Gasteiger partial charge in [0.25, 0.3) is 11.5 Å². The number of hydrogen-bond acceptors (Lipinski definition) is 5. The first-order valence-electron chi connectivity index (χ1n) is 9.27. The first-order chi connectivity index (χ1) is 13.3. The molecule has 28 heavy (non-hydrogen) atoms. The van der Waals surface area contributed by atoms with Crippen LogP contribution < -0.4 is 16.0 Å². The summed E-state index contributed by atoms with van der Waals surface area (Å²) in [5, 5.41) is 10.9. The van der Waals surface area contributed by atoms with Gasteiger partial charge < -0.3 is 14.7 Å². The van der Waals surface area contributed by atoms with E-state index in [0.29, 0.717) is 38.1 Å². The SMILES string of the molecule is Cn1c(C(=O)N2CCCC(O)(COc3ccccc3)CC2)cc(=O)n(C)c1=O. The summed E-state index contributed by atoms with van der Waals surface area (Å²) in [6, 6.07) is 10.4. The fourth-order valence-electron chi connectivity index (χ4n) is 3.36. The van der Waals surface area contributed by atoms with E-state index in [9.17, 15) is 19.5 Å². The second-order valence-corrected chi connectivity index (χ2v) is 7.24. The van der Waals surface area contributed by atoms with Crippen LogP contribution in [0.15, 0.2) is 46.0 Å². The lowest BCUT2D eigenvalue weighted by atomic mass is 9.96. The van der Waals surface area contributed by atoms with Gasteiger partial charge in [0.1, 0.15) is 23.7 Å². The van der Waals surface area contributed by atoms with Gasteiger partial charge in [0.2, 0.25) is 0 Å². The van der Waals surface area contributed by atoms with Gasteiger partial charge in [-0.25, -0.2) is 4.79 Å². The van der Waals surface area contributed by atoms with E-state index >= 15 is 0 Å². The van der Waals surface area contributed by atoms with E-state index in [0.717, 1.165) is 4.57 Å². The first kappa shape index (κ1) is 19.9. The Bertz CT molecular complexity index is 966. The van der Waals surface area contributed by atoms with Crippen molar-refractivity contribution < 1.29 is 14.6 Å². The molecule has 1 fully saturated rings. The van der Waals surface area contributed by atoms with Crippen molar-refractivity contribution in [2.75, 3.05) is 19.7 Å². The van der Waals surface area contributed by atoms with Gasteiger partial charge in [-0.15, -0.1) is 0 Å². The molecular weight excluding hydrogens is 362 g/mol. The molecule has 1 N–H and O–H groups in total. The number of nitrogens with zero attached hydrogens (tertiary/aromatic N) is 3. The molecule has 1 aromatic heterocycles. The van der Waals surface area contributed by atoms with E-state index in [1.54, 1.807) is 4.90 Å². The van der Waals surface area contributed by atoms with Crippen LogP contribution in [-0.4, -0.2) is 50.3 Å². The van der Waals surface area contributed by atoms with Crippen LogP contribution in [-0.2, 0) is 14.1 Å². The highest BCUT2D eigenvalue weighted by Crippen LogP contribution is 2.24. The lowest BCUT2D eigenvalue weighted by molar-refractivity contribution is -0.0163. The highest BCUT2D eigenvalue weighted by molar-refractivity contribution is 5.92. The molecule has 8 nitrogen and oxygen atoms in total. The molecule has 8 heteroatoms. The van der Waals surface area contributed by atoms with Crippen molar-refractivity contribution in [3.63, 3.8) is 0 Å². The van der Waals surface area contributed by atoms with Gasteiger partial charge in [0.15, 0.2) is 0 Å². The van der Waals surface area contributed by atoms with Crippen molar-refractivity contribution in [1.29, 1.82) is 0 Å². The average molecular weight is 387 g/mol. The number of amides is 1. The summed E-state index contributed by atoms with van der Waals surface area (Å²) >= 11 is 0. The second kappa shape index (κ2) is 8.02. The maximum absolute atomic E-state index is 12.9. The lowest BCUT2D eigenvalue weighted by Gasteiger charge is -2.27. The number of benzene rings is 1. The summed E-state index contributed by atoms with van der Waals surface area (Å²) in [5.41, 5.74) is -2.05. The van der Waals surface area contributed by atoms with Crippen molar-refractivity contribution in [3.05, 3.63) is 62.9 Å². The van der Waals surface area contributed by atoms with Crippen LogP contribution in [0.25, 0.3) is 0 Å². The van der Waals surface area contributed by atoms with Gasteiger partial charge in [-0.1, -0.05) is 18.2 Å². The number of aliphatic hydroxyl groups is 1. The molecule has 0 bridgehead atoms. The van der Waals surface area contributed by atoms with E-state index in [-0.39, 0.29) is 18.2 Å². The first-order valence-corrected chi connectivity index (χ1v) is 9.27. The van der Waals surface area contributed by atoms with Gasteiger partial charge in [-0.3, -0.25) is 18.7 Å². The van der Waals surface area contributed by atoms with Crippen molar-refractivity contribution in [1.82, 2.24) is 14.0 Å². The molecule has 1 amide bonds. The van der Waals surface area contributed by atoms with E-state index in [4.69, 9.17) is 4.74 Å². The fraction of sp³-hybridized carbons (Fsp3) is 0.450. The summed E-state index contributed by atoms with van der Waals surface area (Å²) in [7, 11) is 2.84. The van der Waals surface area contributed by atoms with Crippen LogP contribution in [0.2, 0.25) is 0 Å². The minimum absolute atomic E-state index is 0.0547. The molecule has 1 saturated heterocycles. The van der Waals surface area contributed by atoms with E-state index < -0.39 is 16.9 Å². The zero-order valence-corrected chi connectivity index (χ0v) is 16.1. The Labute approximate surface area is 162 Å². The number of carbonyl (C=O) groups is 1. The zero-order valence-electron chi connectivity index (χ0n) is 16.1. The molecular formula is C20H25N3O5. The maximum atomic E-state index is 12.9. The molecule has 0 saturated carbocycles.